The number of aldehydes is 1. The molecule has 1 spiro atoms. The maximum absolute atomic E-state index is 12.9. The Hall–Kier alpha value is -2.84. The van der Waals surface area contributed by atoms with Crippen LogP contribution in [0.1, 0.15) is 41.8 Å². The van der Waals surface area contributed by atoms with Gasteiger partial charge in [0.05, 0.1) is 23.0 Å². The number of nitrogens with one attached hydrogen (secondary N) is 1. The molecule has 0 saturated carbocycles. The Labute approximate surface area is 246 Å². The second kappa shape index (κ2) is 12.4. The van der Waals surface area contributed by atoms with Crippen molar-refractivity contribution in [3.8, 4) is 0 Å². The first-order valence-electron chi connectivity index (χ1n) is 13.8. The second-order valence-corrected chi connectivity index (χ2v) is 11.9. The molecule has 0 atom stereocenters. The molecule has 3 fully saturated rings. The van der Waals surface area contributed by atoms with Gasteiger partial charge in [0.1, 0.15) is 5.54 Å². The molecule has 3 saturated heterocycles. The zero-order valence-corrected chi connectivity index (χ0v) is 24.3. The summed E-state index contributed by atoms with van der Waals surface area (Å²) in [5.41, 5.74) is 2.18. The first-order valence-corrected chi connectivity index (χ1v) is 14.6. The van der Waals surface area contributed by atoms with E-state index in [0.717, 1.165) is 64.1 Å². The summed E-state index contributed by atoms with van der Waals surface area (Å²) >= 11 is 12.5. The minimum Gasteiger partial charge on any atom is -0.462 e. The SMILES string of the molecule is CN1CC(CCCN2CCC3(CC2)C(=O)NCN3c2ccccc2)(c2ccc(Cl)c(Cl)c2)C1.O=Cc1ccco1. The molecule has 1 aromatic heterocycles. The third-order valence-electron chi connectivity index (χ3n) is 8.55. The third kappa shape index (κ3) is 5.93. The van der Waals surface area contributed by atoms with Crippen molar-refractivity contribution in [2.75, 3.05) is 51.3 Å². The van der Waals surface area contributed by atoms with E-state index in [-0.39, 0.29) is 11.3 Å². The van der Waals surface area contributed by atoms with Crippen LogP contribution in [0.3, 0.4) is 0 Å². The first kappa shape index (κ1) is 28.7. The molecule has 0 unspecified atom stereocenters. The third-order valence-corrected chi connectivity index (χ3v) is 9.29. The van der Waals surface area contributed by atoms with Crippen LogP contribution in [0, 0.1) is 0 Å². The molecular weight excluding hydrogens is 547 g/mol. The number of rotatable bonds is 7. The van der Waals surface area contributed by atoms with Crippen molar-refractivity contribution in [3.63, 3.8) is 0 Å². The zero-order valence-electron chi connectivity index (χ0n) is 22.8. The smallest absolute Gasteiger partial charge is 0.247 e. The molecule has 1 amide bonds. The highest BCUT2D eigenvalue weighted by atomic mass is 35.5. The fourth-order valence-corrected chi connectivity index (χ4v) is 6.77. The average molecular weight is 584 g/mol. The van der Waals surface area contributed by atoms with Gasteiger partial charge in [-0.15, -0.1) is 0 Å². The van der Waals surface area contributed by atoms with Gasteiger partial charge in [-0.1, -0.05) is 47.5 Å². The van der Waals surface area contributed by atoms with Gasteiger partial charge in [-0.05, 0) is 81.2 Å². The summed E-state index contributed by atoms with van der Waals surface area (Å²) in [5.74, 6) is 0.557. The molecule has 7 nitrogen and oxygen atoms in total. The summed E-state index contributed by atoms with van der Waals surface area (Å²) in [6, 6.07) is 19.7. The molecule has 3 aliphatic rings. The number of para-hydroxylation sites is 1. The summed E-state index contributed by atoms with van der Waals surface area (Å²) in [7, 11) is 2.17. The van der Waals surface area contributed by atoms with Gasteiger partial charge in [-0.2, -0.15) is 0 Å². The van der Waals surface area contributed by atoms with Crippen molar-refractivity contribution in [2.45, 2.75) is 36.6 Å². The van der Waals surface area contributed by atoms with E-state index < -0.39 is 5.54 Å². The maximum atomic E-state index is 12.9. The number of likely N-dealkylation sites (tertiary alicyclic amines) is 2. The van der Waals surface area contributed by atoms with Crippen LogP contribution in [0.2, 0.25) is 10.0 Å². The Balaban J connectivity index is 0.000000403. The normalized spacial score (nSPS) is 20.0. The Morgan fingerprint density at radius 1 is 1.00 bits per heavy atom. The fourth-order valence-electron chi connectivity index (χ4n) is 6.48. The summed E-state index contributed by atoms with van der Waals surface area (Å²) in [5, 5.41) is 4.35. The molecule has 40 heavy (non-hydrogen) atoms. The largest absolute Gasteiger partial charge is 0.462 e. The van der Waals surface area contributed by atoms with E-state index in [1.54, 1.807) is 12.1 Å². The number of likely N-dealkylation sites (N-methyl/N-ethyl adjacent to an activating group) is 1. The number of anilines is 1. The van der Waals surface area contributed by atoms with Crippen LogP contribution in [-0.4, -0.2) is 74.0 Å². The van der Waals surface area contributed by atoms with Crippen LogP contribution in [-0.2, 0) is 10.2 Å². The lowest BCUT2D eigenvalue weighted by molar-refractivity contribution is -0.125. The molecule has 6 rings (SSSR count). The molecule has 3 aliphatic heterocycles. The lowest BCUT2D eigenvalue weighted by Gasteiger charge is -2.50. The number of furan rings is 1. The van der Waals surface area contributed by atoms with Gasteiger partial charge in [0, 0.05) is 37.3 Å². The van der Waals surface area contributed by atoms with E-state index in [2.05, 4.69) is 55.7 Å². The molecule has 3 aromatic rings. The van der Waals surface area contributed by atoms with E-state index in [1.165, 1.54) is 11.8 Å². The molecule has 0 aliphatic carbocycles. The monoisotopic (exact) mass is 582 g/mol. The zero-order chi connectivity index (χ0) is 28.2. The number of hydrogen-bond acceptors (Lipinski definition) is 6. The van der Waals surface area contributed by atoms with Gasteiger partial charge in [-0.25, -0.2) is 0 Å². The highest BCUT2D eigenvalue weighted by molar-refractivity contribution is 6.42. The van der Waals surface area contributed by atoms with Crippen molar-refractivity contribution in [2.24, 2.45) is 0 Å². The van der Waals surface area contributed by atoms with Crippen LogP contribution < -0.4 is 10.2 Å². The Kier molecular flexibility index (Phi) is 8.86. The lowest BCUT2D eigenvalue weighted by atomic mass is 9.70. The molecule has 212 valence electrons. The van der Waals surface area contributed by atoms with Gasteiger partial charge in [-0.3, -0.25) is 9.59 Å². The first-order chi connectivity index (χ1) is 19.3. The molecule has 9 heteroatoms. The van der Waals surface area contributed by atoms with Crippen molar-refractivity contribution >= 4 is 41.1 Å². The fraction of sp³-hybridized carbons (Fsp3) is 0.419. The van der Waals surface area contributed by atoms with E-state index in [1.807, 2.05) is 24.3 Å². The Bertz CT molecular complexity index is 1290. The summed E-state index contributed by atoms with van der Waals surface area (Å²) in [6.45, 7) is 5.69. The number of piperidine rings is 1. The Morgan fingerprint density at radius 3 is 2.35 bits per heavy atom. The molecule has 0 radical (unpaired) electrons. The molecule has 1 N–H and O–H groups in total. The molecule has 2 aromatic carbocycles. The van der Waals surface area contributed by atoms with Crippen molar-refractivity contribution < 1.29 is 14.0 Å². The number of amides is 1. The summed E-state index contributed by atoms with van der Waals surface area (Å²) in [4.78, 5) is 29.8. The number of carbonyl (C=O) groups excluding carboxylic acids is 2. The maximum Gasteiger partial charge on any atom is 0.247 e. The number of benzene rings is 2. The van der Waals surface area contributed by atoms with E-state index >= 15 is 0 Å². The predicted octanol–water partition coefficient (Wildman–Crippen LogP) is 5.48. The highest BCUT2D eigenvalue weighted by Crippen LogP contribution is 2.41. The molecular formula is C31H36Cl2N4O3. The minimum absolute atomic E-state index is 0.162. The standard InChI is InChI=1S/C26H32Cl2N4O.C5H4O2/c1-30-17-25(18-30,20-8-9-22(27)23(28)16-20)10-5-13-31-14-11-26(12-15-31)24(33)29-19-32(26)21-6-3-2-4-7-21;6-4-5-2-1-3-7-5/h2-4,6-9,16H,5,10-15,17-19H2,1H3,(H,29,33);1-4H. The van der Waals surface area contributed by atoms with Crippen LogP contribution >= 0.6 is 23.2 Å². The van der Waals surface area contributed by atoms with Gasteiger partial charge in [0.15, 0.2) is 12.0 Å². The van der Waals surface area contributed by atoms with E-state index in [0.29, 0.717) is 28.8 Å². The van der Waals surface area contributed by atoms with Crippen LogP contribution in [0.4, 0.5) is 5.69 Å². The number of halogens is 2. The van der Waals surface area contributed by atoms with Gasteiger partial charge in [0.25, 0.3) is 0 Å². The summed E-state index contributed by atoms with van der Waals surface area (Å²) in [6.07, 6.45) is 6.13. The molecule has 0 bridgehead atoms. The van der Waals surface area contributed by atoms with Gasteiger partial charge < -0.3 is 24.4 Å². The van der Waals surface area contributed by atoms with Gasteiger partial charge in [0.2, 0.25) is 5.91 Å². The average Bonchev–Trinajstić information content (AvgIpc) is 3.59. The van der Waals surface area contributed by atoms with Crippen molar-refractivity contribution in [3.05, 3.63) is 88.3 Å². The van der Waals surface area contributed by atoms with E-state index in [4.69, 9.17) is 23.2 Å². The quantitative estimate of drug-likeness (QED) is 0.372. The predicted molar refractivity (Wildman–Crippen MR) is 159 cm³/mol. The van der Waals surface area contributed by atoms with Crippen molar-refractivity contribution in [1.82, 2.24) is 15.1 Å². The minimum atomic E-state index is -0.407. The topological polar surface area (TPSA) is 69.0 Å². The lowest BCUT2D eigenvalue weighted by Crippen LogP contribution is -2.58. The van der Waals surface area contributed by atoms with Crippen LogP contribution in [0.15, 0.2) is 71.3 Å². The van der Waals surface area contributed by atoms with Crippen LogP contribution in [0.5, 0.6) is 0 Å². The second-order valence-electron chi connectivity index (χ2n) is 11.1. The number of carbonyl (C=O) groups is 2. The molecule has 4 heterocycles. The number of hydrogen-bond donors (Lipinski definition) is 1. The summed E-state index contributed by atoms with van der Waals surface area (Å²) < 4.78 is 4.61. The van der Waals surface area contributed by atoms with Crippen LogP contribution in [0.25, 0.3) is 0 Å². The van der Waals surface area contributed by atoms with E-state index in [9.17, 15) is 9.59 Å². The number of nitrogens with zero attached hydrogens (tertiary/aromatic N) is 3. The Morgan fingerprint density at radius 2 is 1.75 bits per heavy atom. The highest BCUT2D eigenvalue weighted by Gasteiger charge is 2.50. The van der Waals surface area contributed by atoms with Crippen molar-refractivity contribution in [1.29, 1.82) is 0 Å². The van der Waals surface area contributed by atoms with Gasteiger partial charge >= 0.3 is 0 Å².